The molecule has 0 fully saturated rings. The van der Waals surface area contributed by atoms with Gasteiger partial charge in [-0.2, -0.15) is 0 Å². The molecule has 0 heterocycles. The molecule has 0 aliphatic rings. The Balaban J connectivity index is 5.27. The van der Waals surface area contributed by atoms with Gasteiger partial charge < -0.3 is 33.8 Å². The van der Waals surface area contributed by atoms with E-state index in [2.05, 4.69) is 41.5 Å². The van der Waals surface area contributed by atoms with Crippen molar-refractivity contribution < 1.29 is 80.2 Å². The number of ether oxygens (including phenoxy) is 4. The van der Waals surface area contributed by atoms with Gasteiger partial charge in [0.05, 0.1) is 26.4 Å². The normalized spacial score (nSPS) is 14.1. The van der Waals surface area contributed by atoms with Crippen LogP contribution in [0, 0.1) is 11.8 Å². The summed E-state index contributed by atoms with van der Waals surface area (Å²) in [6, 6.07) is 0. The molecule has 0 aliphatic heterocycles. The van der Waals surface area contributed by atoms with Crippen LogP contribution >= 0.6 is 15.6 Å². The lowest BCUT2D eigenvalue weighted by molar-refractivity contribution is -0.161. The molecule has 0 saturated carbocycles. The fourth-order valence-electron chi connectivity index (χ4n) is 13.0. The van der Waals surface area contributed by atoms with Crippen LogP contribution in [0.2, 0.25) is 0 Å². The first-order chi connectivity index (χ1) is 49.9. The van der Waals surface area contributed by atoms with Crippen LogP contribution in [-0.2, 0) is 65.4 Å². The molecule has 0 bridgehead atoms. The van der Waals surface area contributed by atoms with Crippen molar-refractivity contribution in [2.45, 2.75) is 464 Å². The summed E-state index contributed by atoms with van der Waals surface area (Å²) in [5.74, 6) is -0.490. The highest BCUT2D eigenvalue weighted by Crippen LogP contribution is 2.45. The molecule has 0 aromatic carbocycles. The third-order valence-electron chi connectivity index (χ3n) is 20.1. The molecule has 0 rings (SSSR count). The summed E-state index contributed by atoms with van der Waals surface area (Å²) >= 11 is 0. The molecule has 0 aliphatic carbocycles. The Kier molecular flexibility index (Phi) is 74.1. The van der Waals surface area contributed by atoms with E-state index >= 15 is 0 Å². The van der Waals surface area contributed by atoms with Crippen molar-refractivity contribution in [1.29, 1.82) is 0 Å². The number of unbranched alkanes of at least 4 members (excludes halogenated alkanes) is 52. The van der Waals surface area contributed by atoms with Gasteiger partial charge in [0.15, 0.2) is 12.2 Å². The third kappa shape index (κ3) is 76.6. The molecule has 0 amide bonds. The average molecular weight is 1510 g/mol. The van der Waals surface area contributed by atoms with Gasteiger partial charge in [0.2, 0.25) is 0 Å². The average Bonchev–Trinajstić information content (AvgIpc) is 0.910. The van der Waals surface area contributed by atoms with Crippen LogP contribution in [0.3, 0.4) is 0 Å². The summed E-state index contributed by atoms with van der Waals surface area (Å²) in [6.07, 6.45) is 66.4. The van der Waals surface area contributed by atoms with E-state index in [0.29, 0.717) is 25.7 Å². The van der Waals surface area contributed by atoms with Crippen LogP contribution < -0.4 is 0 Å². The molecule has 6 atom stereocenters. The van der Waals surface area contributed by atoms with Crippen molar-refractivity contribution in [3.05, 3.63) is 0 Å². The Morgan fingerprint density at radius 2 is 0.495 bits per heavy atom. The number of hydrogen-bond donors (Lipinski definition) is 3. The minimum Gasteiger partial charge on any atom is -0.462 e. The zero-order chi connectivity index (χ0) is 75.6. The Labute approximate surface area is 632 Å². The van der Waals surface area contributed by atoms with Gasteiger partial charge in [0.25, 0.3) is 0 Å². The van der Waals surface area contributed by atoms with E-state index in [1.807, 2.05) is 0 Å². The Morgan fingerprint density at radius 1 is 0.282 bits per heavy atom. The summed E-state index contributed by atoms with van der Waals surface area (Å²) in [6.45, 7) is 9.72. The predicted molar refractivity (Wildman–Crippen MR) is 423 cm³/mol. The van der Waals surface area contributed by atoms with E-state index in [0.717, 1.165) is 102 Å². The second-order valence-corrected chi connectivity index (χ2v) is 33.8. The summed E-state index contributed by atoms with van der Waals surface area (Å²) in [5.41, 5.74) is 0. The van der Waals surface area contributed by atoms with E-state index in [1.165, 1.54) is 263 Å². The quantitative estimate of drug-likeness (QED) is 0.0222. The zero-order valence-corrected chi connectivity index (χ0v) is 69.4. The van der Waals surface area contributed by atoms with Gasteiger partial charge in [-0.1, -0.05) is 395 Å². The lowest BCUT2D eigenvalue weighted by atomic mass is 9.99. The van der Waals surface area contributed by atoms with Crippen LogP contribution in [0.25, 0.3) is 0 Å². The van der Waals surface area contributed by atoms with Crippen molar-refractivity contribution in [3.8, 4) is 0 Å². The van der Waals surface area contributed by atoms with Gasteiger partial charge in [0, 0.05) is 25.7 Å². The molecule has 103 heavy (non-hydrogen) atoms. The molecule has 0 radical (unpaired) electrons. The van der Waals surface area contributed by atoms with Crippen LogP contribution in [0.1, 0.15) is 446 Å². The second-order valence-electron chi connectivity index (χ2n) is 30.9. The fourth-order valence-corrected chi connectivity index (χ4v) is 14.6. The zero-order valence-electron chi connectivity index (χ0n) is 67.6. The number of aliphatic hydroxyl groups is 1. The number of carbonyl (C=O) groups is 4. The topological polar surface area (TPSA) is 237 Å². The predicted octanol–water partition coefficient (Wildman–Crippen LogP) is 25.5. The van der Waals surface area contributed by atoms with Gasteiger partial charge >= 0.3 is 39.5 Å². The Bertz CT molecular complexity index is 1980. The number of phosphoric acid groups is 2. The molecule has 3 unspecified atom stereocenters. The number of esters is 4. The molecule has 0 aromatic rings. The van der Waals surface area contributed by atoms with E-state index in [9.17, 15) is 43.2 Å². The third-order valence-corrected chi connectivity index (χ3v) is 22.0. The van der Waals surface area contributed by atoms with Crippen molar-refractivity contribution in [2.75, 3.05) is 39.6 Å². The minimum absolute atomic E-state index is 0.107. The molecular weight excluding hydrogens is 1340 g/mol. The first kappa shape index (κ1) is 101. The number of phosphoric ester groups is 2. The van der Waals surface area contributed by atoms with E-state index in [4.69, 9.17) is 37.0 Å². The molecule has 17 nitrogen and oxygen atoms in total. The first-order valence-electron chi connectivity index (χ1n) is 43.5. The van der Waals surface area contributed by atoms with Crippen LogP contribution in [0.5, 0.6) is 0 Å². The summed E-state index contributed by atoms with van der Waals surface area (Å²) in [5, 5.41) is 10.7. The highest BCUT2D eigenvalue weighted by molar-refractivity contribution is 7.47. The molecular formula is C84H164O17P2. The first-order valence-corrected chi connectivity index (χ1v) is 46.5. The van der Waals surface area contributed by atoms with Crippen molar-refractivity contribution in [2.24, 2.45) is 11.8 Å². The largest absolute Gasteiger partial charge is 0.472 e. The maximum absolute atomic E-state index is 13.1. The molecule has 0 spiro atoms. The van der Waals surface area contributed by atoms with Crippen LogP contribution in [0.15, 0.2) is 0 Å². The SMILES string of the molecule is CCCCCCCCCCCCCCCCCCCC(=O)OC[C@H](COP(=O)(O)OC[C@@H](O)COP(=O)(O)OC[C@@H](COC(=O)CCCCCCCCCCCCCCC)OC(=O)CCCCCCCCCCCCC(C)CC)OC(=O)CCCCCCCCCCCCCCCCCCC(C)C. The highest BCUT2D eigenvalue weighted by Gasteiger charge is 2.30. The minimum atomic E-state index is -4.96. The Morgan fingerprint density at radius 3 is 0.738 bits per heavy atom. The molecule has 612 valence electrons. The number of rotatable bonds is 83. The highest BCUT2D eigenvalue weighted by atomic mass is 31.2. The van der Waals surface area contributed by atoms with E-state index in [-0.39, 0.29) is 25.7 Å². The smallest absolute Gasteiger partial charge is 0.462 e. The van der Waals surface area contributed by atoms with Gasteiger partial charge in [-0.25, -0.2) is 9.13 Å². The summed E-state index contributed by atoms with van der Waals surface area (Å²) < 4.78 is 68.9. The summed E-state index contributed by atoms with van der Waals surface area (Å²) in [4.78, 5) is 73.2. The van der Waals surface area contributed by atoms with Crippen molar-refractivity contribution >= 4 is 39.5 Å². The van der Waals surface area contributed by atoms with Gasteiger partial charge in [-0.15, -0.1) is 0 Å². The maximum atomic E-state index is 13.1. The van der Waals surface area contributed by atoms with Gasteiger partial charge in [-0.05, 0) is 37.5 Å². The monoisotopic (exact) mass is 1510 g/mol. The van der Waals surface area contributed by atoms with Gasteiger partial charge in [-0.3, -0.25) is 37.3 Å². The maximum Gasteiger partial charge on any atom is 0.472 e. The van der Waals surface area contributed by atoms with Crippen molar-refractivity contribution in [1.82, 2.24) is 0 Å². The molecule has 0 saturated heterocycles. The molecule has 0 aromatic heterocycles. The lowest BCUT2D eigenvalue weighted by Gasteiger charge is -2.21. The molecule has 3 N–H and O–H groups in total. The number of carbonyl (C=O) groups excluding carboxylic acids is 4. The molecule has 19 heteroatoms. The summed E-state index contributed by atoms with van der Waals surface area (Å²) in [7, 11) is -9.93. The van der Waals surface area contributed by atoms with Crippen molar-refractivity contribution in [3.63, 3.8) is 0 Å². The fraction of sp³-hybridized carbons (Fsp3) is 0.952. The van der Waals surface area contributed by atoms with E-state index < -0.39 is 97.5 Å². The Hall–Kier alpha value is -1.94. The van der Waals surface area contributed by atoms with Crippen LogP contribution in [-0.4, -0.2) is 96.7 Å². The number of hydrogen-bond acceptors (Lipinski definition) is 15. The van der Waals surface area contributed by atoms with Crippen LogP contribution in [0.4, 0.5) is 0 Å². The standard InChI is InChI=1S/C84H164O17P2/c1-7-10-12-14-16-18-20-22-23-24-28-32-36-43-49-55-61-67-82(87)95-72-79(100-83(88)68-62-56-50-44-37-33-29-26-25-27-31-34-40-46-52-58-64-76(4)5)74-98-102(90,91)96-70-78(85)71-97-103(92,93)99-75-80(73-94-81(86)66-60-54-48-42-35-30-21-19-17-15-13-11-8-2)101-84(89)69-63-57-51-45-39-38-41-47-53-59-65-77(6)9-3/h76-80,85H,7-75H2,1-6H3,(H,90,91)(H,92,93)/t77?,78-,79-,80-/m1/s1. The number of aliphatic hydroxyl groups excluding tert-OH is 1. The second kappa shape index (κ2) is 75.5. The van der Waals surface area contributed by atoms with E-state index in [1.54, 1.807) is 0 Å². The van der Waals surface area contributed by atoms with Gasteiger partial charge in [0.1, 0.15) is 19.3 Å². The lowest BCUT2D eigenvalue weighted by Crippen LogP contribution is -2.30.